The number of carbonyl (C=O) groups is 1. The van der Waals surface area contributed by atoms with Crippen LogP contribution in [0.1, 0.15) is 31.2 Å². The lowest BCUT2D eigenvalue weighted by molar-refractivity contribution is -0.118. The molecule has 0 unspecified atom stereocenters. The molecule has 1 aliphatic heterocycles. The molecule has 1 aromatic carbocycles. The Balaban J connectivity index is 0.00000121. The third kappa shape index (κ3) is 4.85. The monoisotopic (exact) mass is 345 g/mol. The molecule has 0 radical (unpaired) electrons. The molecule has 1 heterocycles. The molecule has 1 aliphatic carbocycles. The van der Waals surface area contributed by atoms with Crippen LogP contribution in [0.2, 0.25) is 0 Å². The first-order valence-electron chi connectivity index (χ1n) is 7.57. The second-order valence-corrected chi connectivity index (χ2v) is 6.11. The Morgan fingerprint density at radius 3 is 2.27 bits per heavy atom. The van der Waals surface area contributed by atoms with Crippen molar-refractivity contribution in [2.24, 2.45) is 5.73 Å². The van der Waals surface area contributed by atoms with E-state index in [0.717, 1.165) is 31.5 Å². The van der Waals surface area contributed by atoms with Crippen molar-refractivity contribution < 1.29 is 4.79 Å². The standard InChI is InChI=1S/C16H23N3O.2ClH/c17-16(8-9-16)15(20)18-14-5-3-13(4-6-14)7-12-19-10-1-2-11-19;;/h3-6H,1-2,7-12,17H2,(H,18,20);2*1H. The van der Waals surface area contributed by atoms with Gasteiger partial charge < -0.3 is 16.0 Å². The van der Waals surface area contributed by atoms with Gasteiger partial charge in [0, 0.05) is 12.2 Å². The fourth-order valence-corrected chi connectivity index (χ4v) is 2.67. The van der Waals surface area contributed by atoms with Crippen LogP contribution in [0.25, 0.3) is 0 Å². The predicted octanol–water partition coefficient (Wildman–Crippen LogP) is 2.60. The van der Waals surface area contributed by atoms with Crippen LogP contribution < -0.4 is 11.1 Å². The Kier molecular flexibility index (Phi) is 7.13. The summed E-state index contributed by atoms with van der Waals surface area (Å²) in [5, 5.41) is 2.89. The first kappa shape index (κ1) is 19.2. The third-order valence-corrected chi connectivity index (χ3v) is 4.37. The van der Waals surface area contributed by atoms with Crippen LogP contribution in [0.3, 0.4) is 0 Å². The molecular weight excluding hydrogens is 321 g/mol. The molecule has 2 fully saturated rings. The molecule has 1 saturated heterocycles. The first-order valence-corrected chi connectivity index (χ1v) is 7.57. The molecule has 6 heteroatoms. The van der Waals surface area contributed by atoms with Crippen molar-refractivity contribution in [2.45, 2.75) is 37.6 Å². The van der Waals surface area contributed by atoms with Gasteiger partial charge in [0.25, 0.3) is 0 Å². The van der Waals surface area contributed by atoms with Crippen LogP contribution >= 0.6 is 24.8 Å². The highest BCUT2D eigenvalue weighted by atomic mass is 35.5. The molecule has 2 aliphatic rings. The van der Waals surface area contributed by atoms with E-state index in [1.165, 1.54) is 31.5 Å². The van der Waals surface area contributed by atoms with E-state index in [-0.39, 0.29) is 30.7 Å². The summed E-state index contributed by atoms with van der Waals surface area (Å²) in [5.41, 5.74) is 7.43. The zero-order chi connectivity index (χ0) is 14.0. The van der Waals surface area contributed by atoms with E-state index in [1.54, 1.807) is 0 Å². The maximum atomic E-state index is 11.8. The molecule has 4 nitrogen and oxygen atoms in total. The Hall–Kier alpha value is -0.810. The number of halogens is 2. The van der Waals surface area contributed by atoms with E-state index in [9.17, 15) is 4.79 Å². The number of hydrogen-bond donors (Lipinski definition) is 2. The minimum absolute atomic E-state index is 0. The number of carbonyl (C=O) groups excluding carboxylic acids is 1. The number of rotatable bonds is 5. The summed E-state index contributed by atoms with van der Waals surface area (Å²) in [6.07, 6.45) is 5.35. The van der Waals surface area contributed by atoms with Gasteiger partial charge in [0.05, 0.1) is 5.54 Å². The van der Waals surface area contributed by atoms with Crippen LogP contribution in [0, 0.1) is 0 Å². The van der Waals surface area contributed by atoms with Gasteiger partial charge >= 0.3 is 0 Å². The summed E-state index contributed by atoms with van der Waals surface area (Å²) in [7, 11) is 0. The predicted molar refractivity (Wildman–Crippen MR) is 95.1 cm³/mol. The number of nitrogens with zero attached hydrogens (tertiary/aromatic N) is 1. The largest absolute Gasteiger partial charge is 0.324 e. The second-order valence-electron chi connectivity index (χ2n) is 6.11. The number of hydrogen-bond acceptors (Lipinski definition) is 3. The fourth-order valence-electron chi connectivity index (χ4n) is 2.67. The molecule has 124 valence electrons. The Morgan fingerprint density at radius 1 is 1.14 bits per heavy atom. The first-order chi connectivity index (χ1) is 9.66. The zero-order valence-electron chi connectivity index (χ0n) is 12.7. The Labute approximate surface area is 144 Å². The van der Waals surface area contributed by atoms with E-state index in [1.807, 2.05) is 12.1 Å². The quantitative estimate of drug-likeness (QED) is 0.862. The van der Waals surface area contributed by atoms with Crippen LogP contribution in [0.5, 0.6) is 0 Å². The Bertz CT molecular complexity index is 483. The maximum absolute atomic E-state index is 11.8. The van der Waals surface area contributed by atoms with Crippen LogP contribution in [0.4, 0.5) is 5.69 Å². The third-order valence-electron chi connectivity index (χ3n) is 4.37. The molecule has 0 aromatic heterocycles. The van der Waals surface area contributed by atoms with Gasteiger partial charge in [-0.15, -0.1) is 24.8 Å². The Morgan fingerprint density at radius 2 is 1.73 bits per heavy atom. The van der Waals surface area contributed by atoms with Crippen LogP contribution in [0.15, 0.2) is 24.3 Å². The number of nitrogens with one attached hydrogen (secondary N) is 1. The minimum atomic E-state index is -0.603. The van der Waals surface area contributed by atoms with Crippen LogP contribution in [-0.4, -0.2) is 36.0 Å². The van der Waals surface area contributed by atoms with E-state index in [0.29, 0.717) is 0 Å². The summed E-state index contributed by atoms with van der Waals surface area (Å²) >= 11 is 0. The summed E-state index contributed by atoms with van der Waals surface area (Å²) in [6, 6.07) is 8.15. The van der Waals surface area contributed by atoms with E-state index >= 15 is 0 Å². The van der Waals surface area contributed by atoms with Gasteiger partial charge in [-0.25, -0.2) is 0 Å². The highest BCUT2D eigenvalue weighted by Crippen LogP contribution is 2.33. The highest BCUT2D eigenvalue weighted by molar-refractivity contribution is 6.00. The molecule has 3 N–H and O–H groups in total. The van der Waals surface area contributed by atoms with Crippen molar-refractivity contribution in [1.82, 2.24) is 4.90 Å². The summed E-state index contributed by atoms with van der Waals surface area (Å²) in [5.74, 6) is -0.0534. The molecule has 1 saturated carbocycles. The SMILES string of the molecule is Cl.Cl.NC1(C(=O)Nc2ccc(CCN3CCCC3)cc2)CC1. The van der Waals surface area contributed by atoms with Crippen molar-refractivity contribution >= 4 is 36.4 Å². The van der Waals surface area contributed by atoms with Gasteiger partial charge in [-0.05, 0) is 62.9 Å². The topological polar surface area (TPSA) is 58.4 Å². The summed E-state index contributed by atoms with van der Waals surface area (Å²) in [4.78, 5) is 14.4. The lowest BCUT2D eigenvalue weighted by atomic mass is 10.1. The minimum Gasteiger partial charge on any atom is -0.324 e. The molecular formula is C16H25Cl2N3O. The van der Waals surface area contributed by atoms with Crippen molar-refractivity contribution in [1.29, 1.82) is 0 Å². The molecule has 22 heavy (non-hydrogen) atoms. The van der Waals surface area contributed by atoms with Crippen molar-refractivity contribution in [2.75, 3.05) is 25.0 Å². The molecule has 1 amide bonds. The number of anilines is 1. The van der Waals surface area contributed by atoms with Gasteiger partial charge in [-0.1, -0.05) is 12.1 Å². The van der Waals surface area contributed by atoms with Crippen LogP contribution in [-0.2, 0) is 11.2 Å². The maximum Gasteiger partial charge on any atom is 0.244 e. The lowest BCUT2D eigenvalue weighted by Crippen LogP contribution is -2.37. The normalized spacial score (nSPS) is 19.0. The van der Waals surface area contributed by atoms with E-state index in [2.05, 4.69) is 22.3 Å². The van der Waals surface area contributed by atoms with Crippen molar-refractivity contribution in [3.05, 3.63) is 29.8 Å². The average molecular weight is 346 g/mol. The molecule has 1 aromatic rings. The lowest BCUT2D eigenvalue weighted by Gasteiger charge is -2.14. The summed E-state index contributed by atoms with van der Waals surface area (Å²) < 4.78 is 0. The van der Waals surface area contributed by atoms with Gasteiger partial charge in [0.2, 0.25) is 5.91 Å². The summed E-state index contributed by atoms with van der Waals surface area (Å²) in [6.45, 7) is 3.62. The second kappa shape index (κ2) is 8.16. The zero-order valence-corrected chi connectivity index (χ0v) is 14.3. The smallest absolute Gasteiger partial charge is 0.244 e. The number of amides is 1. The number of nitrogens with two attached hydrogens (primary N) is 1. The average Bonchev–Trinajstić information content (AvgIpc) is 3.01. The van der Waals surface area contributed by atoms with Crippen molar-refractivity contribution in [3.8, 4) is 0 Å². The number of benzene rings is 1. The van der Waals surface area contributed by atoms with Gasteiger partial charge in [-0.2, -0.15) is 0 Å². The molecule has 0 spiro atoms. The fraction of sp³-hybridized carbons (Fsp3) is 0.562. The molecule has 3 rings (SSSR count). The highest BCUT2D eigenvalue weighted by Gasteiger charge is 2.45. The molecule has 0 atom stereocenters. The van der Waals surface area contributed by atoms with Crippen molar-refractivity contribution in [3.63, 3.8) is 0 Å². The van der Waals surface area contributed by atoms with Gasteiger partial charge in [0.1, 0.15) is 0 Å². The molecule has 0 bridgehead atoms. The van der Waals surface area contributed by atoms with E-state index < -0.39 is 5.54 Å². The van der Waals surface area contributed by atoms with E-state index in [4.69, 9.17) is 5.73 Å². The number of likely N-dealkylation sites (tertiary alicyclic amines) is 1. The van der Waals surface area contributed by atoms with Gasteiger partial charge in [0.15, 0.2) is 0 Å². The van der Waals surface area contributed by atoms with Gasteiger partial charge in [-0.3, -0.25) is 4.79 Å².